The molecule has 2 nitrogen and oxygen atoms in total. The summed E-state index contributed by atoms with van der Waals surface area (Å²) in [5.74, 6) is -0.579. The van der Waals surface area contributed by atoms with E-state index < -0.39 is 17.5 Å². The molecule has 1 unspecified atom stereocenters. The Hall–Kier alpha value is -1.54. The Morgan fingerprint density at radius 1 is 1.47 bits per heavy atom. The van der Waals surface area contributed by atoms with Crippen molar-refractivity contribution in [3.8, 4) is 0 Å². The number of carbonyl (C=O) groups excluding carboxylic acids is 1. The predicted molar refractivity (Wildman–Crippen MR) is 59.6 cm³/mol. The number of benzene rings is 1. The van der Waals surface area contributed by atoms with Crippen LogP contribution in [0.4, 0.5) is 8.78 Å². The number of rotatable bonds is 3. The minimum Gasteiger partial charge on any atom is -0.242 e. The van der Waals surface area contributed by atoms with Crippen LogP contribution in [0.25, 0.3) is 0 Å². The van der Waals surface area contributed by atoms with E-state index in [0.717, 1.165) is 6.42 Å². The number of hydrogen-bond acceptors (Lipinski definition) is 2. The maximum atomic E-state index is 13.7. The summed E-state index contributed by atoms with van der Waals surface area (Å²) in [6.07, 6.45) is 2.31. The molecule has 1 atom stereocenters. The van der Waals surface area contributed by atoms with Crippen LogP contribution in [0.1, 0.15) is 43.5 Å². The number of halogens is 2. The van der Waals surface area contributed by atoms with Crippen molar-refractivity contribution in [2.45, 2.75) is 37.9 Å². The highest BCUT2D eigenvalue weighted by molar-refractivity contribution is 5.43. The van der Waals surface area contributed by atoms with Gasteiger partial charge >= 0.3 is 0 Å². The van der Waals surface area contributed by atoms with Crippen molar-refractivity contribution >= 4 is 6.08 Å². The van der Waals surface area contributed by atoms with E-state index in [-0.39, 0.29) is 5.56 Å². The highest BCUT2D eigenvalue weighted by atomic mass is 19.1. The average Bonchev–Trinajstić information content (AvgIpc) is 2.22. The zero-order chi connectivity index (χ0) is 12.5. The Bertz CT molecular complexity index is 474. The summed E-state index contributed by atoms with van der Waals surface area (Å²) in [4.78, 5) is 14.3. The number of nitrogens with zero attached hydrogens (tertiary/aromatic N) is 1. The van der Waals surface area contributed by atoms with E-state index >= 15 is 0 Å². The Labute approximate surface area is 98.4 Å². The highest BCUT2D eigenvalue weighted by Crippen LogP contribution is 2.47. The monoisotopic (exact) mass is 237 g/mol. The van der Waals surface area contributed by atoms with Crippen LogP contribution in [0.3, 0.4) is 0 Å². The number of hydrogen-bond donors (Lipinski definition) is 0. The van der Waals surface area contributed by atoms with Crippen LogP contribution in [0.15, 0.2) is 23.2 Å². The van der Waals surface area contributed by atoms with Crippen molar-refractivity contribution in [3.05, 3.63) is 35.1 Å². The van der Waals surface area contributed by atoms with Crippen molar-refractivity contribution in [3.63, 3.8) is 0 Å². The molecule has 1 aliphatic carbocycles. The van der Waals surface area contributed by atoms with Crippen LogP contribution in [-0.4, -0.2) is 6.08 Å². The van der Waals surface area contributed by atoms with Crippen LogP contribution in [-0.2, 0) is 10.3 Å². The first-order valence-electron chi connectivity index (χ1n) is 5.63. The van der Waals surface area contributed by atoms with Gasteiger partial charge in [0.2, 0.25) is 6.08 Å². The van der Waals surface area contributed by atoms with Crippen molar-refractivity contribution < 1.29 is 13.6 Å². The lowest BCUT2D eigenvalue weighted by Gasteiger charge is -2.38. The third-order valence-electron chi connectivity index (χ3n) is 3.39. The molecule has 90 valence electrons. The van der Waals surface area contributed by atoms with Crippen molar-refractivity contribution in [2.24, 2.45) is 4.99 Å². The summed E-state index contributed by atoms with van der Waals surface area (Å²) in [5, 5.41) is 0. The van der Waals surface area contributed by atoms with Gasteiger partial charge in [-0.15, -0.1) is 0 Å². The molecular weight excluding hydrogens is 224 g/mol. The molecule has 0 aromatic heterocycles. The van der Waals surface area contributed by atoms with Gasteiger partial charge in [-0.05, 0) is 37.8 Å². The van der Waals surface area contributed by atoms with Crippen LogP contribution >= 0.6 is 0 Å². The molecule has 4 heteroatoms. The van der Waals surface area contributed by atoms with E-state index in [1.165, 1.54) is 25.1 Å². The largest absolute Gasteiger partial charge is 0.242 e. The molecule has 0 amide bonds. The summed E-state index contributed by atoms with van der Waals surface area (Å²) >= 11 is 0. The van der Waals surface area contributed by atoms with Gasteiger partial charge in [-0.3, -0.25) is 0 Å². The summed E-state index contributed by atoms with van der Waals surface area (Å²) in [5.41, 5.74) is -0.243. The SMILES string of the molecule is CC(F)c1c(F)cccc1C1(N=C=O)CCC1. The lowest BCUT2D eigenvalue weighted by Crippen LogP contribution is -2.33. The number of aliphatic imine (C=N–C) groups is 1. The first kappa shape index (κ1) is 11.9. The van der Waals surface area contributed by atoms with E-state index in [2.05, 4.69) is 4.99 Å². The molecule has 0 bridgehead atoms. The molecular formula is C13H13F2NO. The maximum Gasteiger partial charge on any atom is 0.235 e. The van der Waals surface area contributed by atoms with E-state index in [9.17, 15) is 13.6 Å². The summed E-state index contributed by atoms with van der Waals surface area (Å²) in [7, 11) is 0. The molecule has 0 N–H and O–H groups in total. The molecule has 1 aliphatic rings. The van der Waals surface area contributed by atoms with Gasteiger partial charge in [-0.1, -0.05) is 12.1 Å². The van der Waals surface area contributed by atoms with Gasteiger partial charge in [0.25, 0.3) is 0 Å². The van der Waals surface area contributed by atoms with Crippen molar-refractivity contribution in [1.29, 1.82) is 0 Å². The number of alkyl halides is 1. The lowest BCUT2D eigenvalue weighted by molar-refractivity contribution is 0.245. The normalized spacial score (nSPS) is 19.0. The number of isocyanates is 1. The molecule has 0 aliphatic heterocycles. The molecule has 1 fully saturated rings. The van der Waals surface area contributed by atoms with E-state index in [1.54, 1.807) is 6.07 Å². The van der Waals surface area contributed by atoms with Crippen molar-refractivity contribution in [2.75, 3.05) is 0 Å². The Morgan fingerprint density at radius 3 is 2.65 bits per heavy atom. The van der Waals surface area contributed by atoms with Gasteiger partial charge in [-0.2, -0.15) is 4.99 Å². The molecule has 0 saturated heterocycles. The topological polar surface area (TPSA) is 29.4 Å². The van der Waals surface area contributed by atoms with Crippen LogP contribution in [0.5, 0.6) is 0 Å². The predicted octanol–water partition coefficient (Wildman–Crippen LogP) is 3.57. The smallest absolute Gasteiger partial charge is 0.235 e. The van der Waals surface area contributed by atoms with Crippen LogP contribution < -0.4 is 0 Å². The van der Waals surface area contributed by atoms with Crippen LogP contribution in [0.2, 0.25) is 0 Å². The standard InChI is InChI=1S/C13H13F2NO/c1-9(14)12-10(4-2-5-11(12)15)13(16-8-17)6-3-7-13/h2,4-5,9H,3,6-7H2,1H3. The minimum absolute atomic E-state index is 0.0196. The summed E-state index contributed by atoms with van der Waals surface area (Å²) < 4.78 is 27.2. The molecule has 2 rings (SSSR count). The first-order valence-corrected chi connectivity index (χ1v) is 5.63. The lowest BCUT2D eigenvalue weighted by atomic mass is 9.70. The fourth-order valence-corrected chi connectivity index (χ4v) is 2.39. The fraction of sp³-hybridized carbons (Fsp3) is 0.462. The van der Waals surface area contributed by atoms with E-state index in [0.29, 0.717) is 18.4 Å². The Balaban J connectivity index is 2.58. The molecule has 0 heterocycles. The second-order valence-corrected chi connectivity index (χ2v) is 4.41. The van der Waals surface area contributed by atoms with Gasteiger partial charge in [0, 0.05) is 5.56 Å². The minimum atomic E-state index is -1.41. The summed E-state index contributed by atoms with van der Waals surface area (Å²) in [6.45, 7) is 1.29. The fourth-order valence-electron chi connectivity index (χ4n) is 2.39. The quantitative estimate of drug-likeness (QED) is 0.583. The van der Waals surface area contributed by atoms with Gasteiger partial charge in [0.05, 0.1) is 5.54 Å². The van der Waals surface area contributed by atoms with E-state index in [1.807, 2.05) is 0 Å². The van der Waals surface area contributed by atoms with Gasteiger partial charge in [0.15, 0.2) is 0 Å². The first-order chi connectivity index (χ1) is 8.10. The summed E-state index contributed by atoms with van der Waals surface area (Å²) in [6, 6.07) is 4.40. The van der Waals surface area contributed by atoms with Gasteiger partial charge in [0.1, 0.15) is 12.0 Å². The third kappa shape index (κ3) is 1.89. The zero-order valence-electron chi connectivity index (χ0n) is 9.54. The highest BCUT2D eigenvalue weighted by Gasteiger charge is 2.41. The second-order valence-electron chi connectivity index (χ2n) is 4.41. The van der Waals surface area contributed by atoms with Gasteiger partial charge < -0.3 is 0 Å². The van der Waals surface area contributed by atoms with E-state index in [4.69, 9.17) is 0 Å². The molecule has 0 spiro atoms. The van der Waals surface area contributed by atoms with Gasteiger partial charge in [-0.25, -0.2) is 13.6 Å². The molecule has 17 heavy (non-hydrogen) atoms. The third-order valence-corrected chi connectivity index (χ3v) is 3.39. The Morgan fingerprint density at radius 2 is 2.18 bits per heavy atom. The Kier molecular flexibility index (Phi) is 3.07. The molecule has 1 aromatic rings. The average molecular weight is 237 g/mol. The molecule has 1 aromatic carbocycles. The molecule has 0 radical (unpaired) electrons. The molecule has 1 saturated carbocycles. The second kappa shape index (κ2) is 4.38. The van der Waals surface area contributed by atoms with Crippen molar-refractivity contribution in [1.82, 2.24) is 0 Å². The zero-order valence-corrected chi connectivity index (χ0v) is 9.54. The van der Waals surface area contributed by atoms with Crippen LogP contribution in [0, 0.1) is 5.82 Å². The maximum absolute atomic E-state index is 13.7.